The van der Waals surface area contributed by atoms with Crippen molar-refractivity contribution >= 4 is 23.2 Å². The van der Waals surface area contributed by atoms with Crippen LogP contribution in [0.2, 0.25) is 5.02 Å². The molecule has 0 spiro atoms. The molecule has 1 aliphatic rings. The van der Waals surface area contributed by atoms with Crippen molar-refractivity contribution in [3.05, 3.63) is 58.6 Å². The van der Waals surface area contributed by atoms with Crippen LogP contribution in [0.1, 0.15) is 35.4 Å². The molecule has 0 saturated heterocycles. The number of rotatable bonds is 3. The first-order valence-electron chi connectivity index (χ1n) is 7.26. The molecule has 2 aromatic carbocycles. The van der Waals surface area contributed by atoms with Gasteiger partial charge in [0.05, 0.1) is 11.3 Å². The fourth-order valence-corrected chi connectivity index (χ4v) is 2.92. The lowest BCUT2D eigenvalue weighted by molar-refractivity contribution is 0.0683. The van der Waals surface area contributed by atoms with E-state index in [9.17, 15) is 9.90 Å². The van der Waals surface area contributed by atoms with Crippen molar-refractivity contribution in [2.45, 2.75) is 19.5 Å². The number of fused-ring (bicyclic) bond motifs is 1. The monoisotopic (exact) mass is 316 g/mol. The van der Waals surface area contributed by atoms with Crippen LogP contribution in [0.25, 0.3) is 0 Å². The van der Waals surface area contributed by atoms with Crippen LogP contribution in [0.3, 0.4) is 0 Å². The Labute approximate surface area is 134 Å². The molecule has 0 aliphatic carbocycles. The van der Waals surface area contributed by atoms with Crippen LogP contribution in [-0.2, 0) is 0 Å². The molecule has 0 aromatic heterocycles. The minimum Gasteiger partial charge on any atom is -0.508 e. The van der Waals surface area contributed by atoms with Gasteiger partial charge >= 0.3 is 0 Å². The van der Waals surface area contributed by atoms with Gasteiger partial charge in [-0.05, 0) is 42.3 Å². The molecule has 1 amide bonds. The Balaban J connectivity index is 2.06. The fourth-order valence-electron chi connectivity index (χ4n) is 2.75. The maximum absolute atomic E-state index is 12.8. The number of aromatic hydroxyl groups is 1. The zero-order chi connectivity index (χ0) is 15.7. The van der Waals surface area contributed by atoms with Crippen molar-refractivity contribution < 1.29 is 9.90 Å². The molecule has 0 fully saturated rings. The third-order valence-corrected chi connectivity index (χ3v) is 3.96. The van der Waals surface area contributed by atoms with E-state index in [2.05, 4.69) is 5.32 Å². The number of amides is 1. The number of phenolic OH excluding ortho intramolecular Hbond substituents is 1. The third kappa shape index (κ3) is 2.62. The summed E-state index contributed by atoms with van der Waals surface area (Å²) >= 11 is 6.04. The summed E-state index contributed by atoms with van der Waals surface area (Å²) in [6.07, 6.45) is 0.538. The van der Waals surface area contributed by atoms with E-state index in [1.807, 2.05) is 13.0 Å². The first kappa shape index (κ1) is 14.7. The number of phenols is 1. The van der Waals surface area contributed by atoms with Gasteiger partial charge in [0.15, 0.2) is 0 Å². The van der Waals surface area contributed by atoms with Gasteiger partial charge in [0.25, 0.3) is 5.91 Å². The van der Waals surface area contributed by atoms with Crippen molar-refractivity contribution in [1.82, 2.24) is 4.90 Å². The molecule has 2 aromatic rings. The highest BCUT2D eigenvalue weighted by Gasteiger charge is 2.32. The summed E-state index contributed by atoms with van der Waals surface area (Å²) in [5, 5.41) is 13.7. The molecule has 114 valence electrons. The SMILES string of the molecule is CCCN1C(=O)c2ccc(Cl)cc2N[C@@H]1c1cccc(O)c1. The molecular formula is C17H17ClN2O2. The van der Waals surface area contributed by atoms with Gasteiger partial charge in [0, 0.05) is 11.6 Å². The van der Waals surface area contributed by atoms with E-state index in [1.165, 1.54) is 0 Å². The van der Waals surface area contributed by atoms with E-state index in [0.29, 0.717) is 17.1 Å². The van der Waals surface area contributed by atoms with Gasteiger partial charge < -0.3 is 15.3 Å². The minimum atomic E-state index is -0.314. The van der Waals surface area contributed by atoms with Crippen LogP contribution in [0.15, 0.2) is 42.5 Å². The van der Waals surface area contributed by atoms with Crippen molar-refractivity contribution in [2.75, 3.05) is 11.9 Å². The second-order valence-electron chi connectivity index (χ2n) is 5.33. The van der Waals surface area contributed by atoms with Gasteiger partial charge in [0.1, 0.15) is 11.9 Å². The Morgan fingerprint density at radius 3 is 2.82 bits per heavy atom. The Kier molecular flexibility index (Phi) is 3.94. The lowest BCUT2D eigenvalue weighted by atomic mass is 10.0. The van der Waals surface area contributed by atoms with Gasteiger partial charge in [-0.1, -0.05) is 30.7 Å². The standard InChI is InChI=1S/C17H17ClN2O2/c1-2-8-20-16(11-4-3-5-13(21)9-11)19-15-10-12(18)6-7-14(15)17(20)22/h3-7,9-10,16,19,21H,2,8H2,1H3/t16-/m0/s1. The van der Waals surface area contributed by atoms with E-state index in [4.69, 9.17) is 11.6 Å². The number of benzene rings is 2. The summed E-state index contributed by atoms with van der Waals surface area (Å²) in [6.45, 7) is 2.67. The number of anilines is 1. The highest BCUT2D eigenvalue weighted by molar-refractivity contribution is 6.31. The summed E-state index contributed by atoms with van der Waals surface area (Å²) < 4.78 is 0. The zero-order valence-electron chi connectivity index (χ0n) is 12.2. The van der Waals surface area contributed by atoms with Crippen molar-refractivity contribution in [2.24, 2.45) is 0 Å². The van der Waals surface area contributed by atoms with Gasteiger partial charge in [0.2, 0.25) is 0 Å². The highest BCUT2D eigenvalue weighted by atomic mass is 35.5. The summed E-state index contributed by atoms with van der Waals surface area (Å²) in [5.41, 5.74) is 2.18. The second kappa shape index (κ2) is 5.89. The lowest BCUT2D eigenvalue weighted by Gasteiger charge is -2.38. The van der Waals surface area contributed by atoms with E-state index in [0.717, 1.165) is 17.7 Å². The summed E-state index contributed by atoms with van der Waals surface area (Å²) in [6, 6.07) is 12.2. The third-order valence-electron chi connectivity index (χ3n) is 3.73. The average molecular weight is 317 g/mol. The molecule has 0 bridgehead atoms. The normalized spacial score (nSPS) is 17.1. The molecule has 2 N–H and O–H groups in total. The fraction of sp³-hybridized carbons (Fsp3) is 0.235. The molecule has 5 heteroatoms. The predicted octanol–water partition coefficient (Wildman–Crippen LogP) is 4.02. The van der Waals surface area contributed by atoms with Crippen LogP contribution in [0.4, 0.5) is 5.69 Å². The Hall–Kier alpha value is -2.20. The van der Waals surface area contributed by atoms with Crippen LogP contribution >= 0.6 is 11.6 Å². The number of nitrogens with one attached hydrogen (secondary N) is 1. The largest absolute Gasteiger partial charge is 0.508 e. The molecule has 4 nitrogen and oxygen atoms in total. The summed E-state index contributed by atoms with van der Waals surface area (Å²) in [5.74, 6) is 0.153. The molecule has 1 heterocycles. The van der Waals surface area contributed by atoms with Crippen LogP contribution in [0, 0.1) is 0 Å². The molecule has 3 rings (SSSR count). The Morgan fingerprint density at radius 2 is 2.09 bits per heavy atom. The first-order chi connectivity index (χ1) is 10.6. The number of hydrogen-bond donors (Lipinski definition) is 2. The van der Waals surface area contributed by atoms with Gasteiger partial charge in [-0.25, -0.2) is 0 Å². The molecule has 1 aliphatic heterocycles. The van der Waals surface area contributed by atoms with Crippen LogP contribution in [0.5, 0.6) is 5.75 Å². The average Bonchev–Trinajstić information content (AvgIpc) is 2.49. The molecule has 0 saturated carbocycles. The van der Waals surface area contributed by atoms with Gasteiger partial charge in [-0.15, -0.1) is 0 Å². The lowest BCUT2D eigenvalue weighted by Crippen LogP contribution is -2.43. The predicted molar refractivity (Wildman–Crippen MR) is 87.3 cm³/mol. The Bertz CT molecular complexity index is 718. The summed E-state index contributed by atoms with van der Waals surface area (Å²) in [7, 11) is 0. The van der Waals surface area contributed by atoms with Crippen LogP contribution in [-0.4, -0.2) is 22.5 Å². The molecule has 1 atom stereocenters. The molecule has 0 radical (unpaired) electrons. The van der Waals surface area contributed by atoms with E-state index in [1.54, 1.807) is 41.3 Å². The van der Waals surface area contributed by atoms with E-state index < -0.39 is 0 Å². The highest BCUT2D eigenvalue weighted by Crippen LogP contribution is 2.35. The smallest absolute Gasteiger partial charge is 0.257 e. The number of carbonyl (C=O) groups is 1. The first-order valence-corrected chi connectivity index (χ1v) is 7.64. The van der Waals surface area contributed by atoms with Gasteiger partial charge in [-0.3, -0.25) is 4.79 Å². The molecule has 0 unspecified atom stereocenters. The topological polar surface area (TPSA) is 52.6 Å². The van der Waals surface area contributed by atoms with Crippen molar-refractivity contribution in [3.8, 4) is 5.75 Å². The summed E-state index contributed by atoms with van der Waals surface area (Å²) in [4.78, 5) is 14.5. The zero-order valence-corrected chi connectivity index (χ0v) is 13.0. The van der Waals surface area contributed by atoms with Crippen LogP contribution < -0.4 is 5.32 Å². The Morgan fingerprint density at radius 1 is 1.27 bits per heavy atom. The maximum atomic E-state index is 12.8. The molecular weight excluding hydrogens is 300 g/mol. The molecule has 22 heavy (non-hydrogen) atoms. The minimum absolute atomic E-state index is 0.0272. The number of halogens is 1. The number of hydrogen-bond acceptors (Lipinski definition) is 3. The number of carbonyl (C=O) groups excluding carboxylic acids is 1. The van der Waals surface area contributed by atoms with E-state index >= 15 is 0 Å². The van der Waals surface area contributed by atoms with Crippen molar-refractivity contribution in [3.63, 3.8) is 0 Å². The van der Waals surface area contributed by atoms with E-state index in [-0.39, 0.29) is 17.8 Å². The quantitative estimate of drug-likeness (QED) is 0.899. The maximum Gasteiger partial charge on any atom is 0.257 e. The second-order valence-corrected chi connectivity index (χ2v) is 5.77. The number of nitrogens with zero attached hydrogens (tertiary/aromatic N) is 1. The van der Waals surface area contributed by atoms with Gasteiger partial charge in [-0.2, -0.15) is 0 Å². The van der Waals surface area contributed by atoms with Crippen molar-refractivity contribution in [1.29, 1.82) is 0 Å².